The van der Waals surface area contributed by atoms with Gasteiger partial charge in [0, 0.05) is 28.8 Å². The SMILES string of the molecule is NS(=O)(=O)c1ccc(Nc2nc(Cl)nc(Nc3nc(-c4ccc([N+](=O)[O-])cc4)cs3)n2)cc1. The molecule has 0 atom stereocenters. The first kappa shape index (κ1) is 22.5. The number of nitrogens with zero attached hydrogens (tertiary/aromatic N) is 5. The molecule has 2 aromatic heterocycles. The Balaban J connectivity index is 1.50. The molecule has 4 rings (SSSR count). The molecule has 0 fully saturated rings. The van der Waals surface area contributed by atoms with E-state index in [1.807, 2.05) is 0 Å². The Bertz CT molecular complexity index is 1430. The second-order valence-corrected chi connectivity index (χ2v) is 9.17. The van der Waals surface area contributed by atoms with Crippen molar-refractivity contribution < 1.29 is 13.3 Å². The summed E-state index contributed by atoms with van der Waals surface area (Å²) in [6.45, 7) is 0. The summed E-state index contributed by atoms with van der Waals surface area (Å²) in [4.78, 5) is 27.0. The molecular formula is C18H13ClN8O4S2. The fourth-order valence-electron chi connectivity index (χ4n) is 2.63. The van der Waals surface area contributed by atoms with Crippen LogP contribution >= 0.6 is 22.9 Å². The van der Waals surface area contributed by atoms with Crippen molar-refractivity contribution in [1.82, 2.24) is 19.9 Å². The molecule has 0 amide bonds. The minimum Gasteiger partial charge on any atom is -0.324 e. The van der Waals surface area contributed by atoms with Gasteiger partial charge in [-0.05, 0) is 48.0 Å². The van der Waals surface area contributed by atoms with Crippen molar-refractivity contribution >= 4 is 61.4 Å². The summed E-state index contributed by atoms with van der Waals surface area (Å²) in [5.41, 5.74) is 1.83. The monoisotopic (exact) mass is 504 g/mol. The number of primary sulfonamides is 1. The van der Waals surface area contributed by atoms with E-state index in [-0.39, 0.29) is 27.8 Å². The molecule has 2 aromatic carbocycles. The molecule has 4 aromatic rings. The molecule has 168 valence electrons. The van der Waals surface area contributed by atoms with Crippen LogP contribution in [0.25, 0.3) is 11.3 Å². The van der Waals surface area contributed by atoms with Crippen LogP contribution in [0.4, 0.5) is 28.4 Å². The number of aromatic nitrogens is 4. The van der Waals surface area contributed by atoms with Crippen LogP contribution in [-0.2, 0) is 10.0 Å². The molecule has 33 heavy (non-hydrogen) atoms. The van der Waals surface area contributed by atoms with Crippen molar-refractivity contribution in [3.05, 3.63) is 69.3 Å². The van der Waals surface area contributed by atoms with E-state index in [1.165, 1.54) is 47.7 Å². The van der Waals surface area contributed by atoms with E-state index in [0.29, 0.717) is 22.1 Å². The molecule has 12 nitrogen and oxygen atoms in total. The molecular weight excluding hydrogens is 492 g/mol. The summed E-state index contributed by atoms with van der Waals surface area (Å²) in [7, 11) is -3.80. The van der Waals surface area contributed by atoms with Crippen molar-refractivity contribution in [2.45, 2.75) is 4.90 Å². The lowest BCUT2D eigenvalue weighted by atomic mass is 10.1. The molecule has 0 radical (unpaired) electrons. The van der Waals surface area contributed by atoms with Crippen LogP contribution < -0.4 is 15.8 Å². The Labute approximate surface area is 195 Å². The van der Waals surface area contributed by atoms with Crippen LogP contribution in [-0.4, -0.2) is 33.3 Å². The van der Waals surface area contributed by atoms with Gasteiger partial charge in [0.1, 0.15) is 0 Å². The highest BCUT2D eigenvalue weighted by Gasteiger charge is 2.12. The Kier molecular flexibility index (Phi) is 6.15. The summed E-state index contributed by atoms with van der Waals surface area (Å²) in [6, 6.07) is 11.7. The quantitative estimate of drug-likeness (QED) is 0.248. The summed E-state index contributed by atoms with van der Waals surface area (Å²) in [6.07, 6.45) is 0. The summed E-state index contributed by atoms with van der Waals surface area (Å²) in [5, 5.41) is 23.9. The van der Waals surface area contributed by atoms with Gasteiger partial charge in [0.15, 0.2) is 5.13 Å². The summed E-state index contributed by atoms with van der Waals surface area (Å²) < 4.78 is 22.7. The Hall–Kier alpha value is -3.72. The van der Waals surface area contributed by atoms with E-state index in [9.17, 15) is 18.5 Å². The molecule has 2 heterocycles. The fourth-order valence-corrected chi connectivity index (χ4v) is 4.02. The number of non-ortho nitro benzene ring substituents is 1. The molecule has 0 aliphatic carbocycles. The molecule has 15 heteroatoms. The minimum absolute atomic E-state index is 0.00789. The predicted octanol–water partition coefficient (Wildman–Crippen LogP) is 3.69. The standard InChI is InChI=1S/C18H13ClN8O4S2/c19-15-23-16(21-11-3-7-13(8-4-11)33(20,30)31)25-17(24-15)26-18-22-14(9-32-18)10-1-5-12(6-2-10)27(28)29/h1-9H,(H2,20,30,31)(H2,21,22,23,24,25,26). The van der Waals surface area contributed by atoms with Crippen LogP contribution in [0.1, 0.15) is 0 Å². The predicted molar refractivity (Wildman–Crippen MR) is 123 cm³/mol. The highest BCUT2D eigenvalue weighted by Crippen LogP contribution is 2.28. The lowest BCUT2D eigenvalue weighted by molar-refractivity contribution is -0.384. The zero-order valence-corrected chi connectivity index (χ0v) is 18.7. The minimum atomic E-state index is -3.80. The van der Waals surface area contributed by atoms with Gasteiger partial charge in [-0.2, -0.15) is 15.0 Å². The topological polar surface area (TPSA) is 179 Å². The van der Waals surface area contributed by atoms with Gasteiger partial charge in [-0.15, -0.1) is 11.3 Å². The number of thiazole rings is 1. The van der Waals surface area contributed by atoms with Crippen LogP contribution in [0.15, 0.2) is 58.8 Å². The molecule has 0 unspecified atom stereocenters. The number of nitrogens with two attached hydrogens (primary N) is 1. The maximum atomic E-state index is 11.4. The molecule has 0 aliphatic rings. The van der Waals surface area contributed by atoms with Gasteiger partial charge >= 0.3 is 0 Å². The maximum Gasteiger partial charge on any atom is 0.269 e. The van der Waals surface area contributed by atoms with Crippen LogP contribution in [0.3, 0.4) is 0 Å². The van der Waals surface area contributed by atoms with Gasteiger partial charge in [0.05, 0.1) is 15.5 Å². The third kappa shape index (κ3) is 5.56. The fraction of sp³-hybridized carbons (Fsp3) is 0. The lowest BCUT2D eigenvalue weighted by Crippen LogP contribution is -2.11. The van der Waals surface area contributed by atoms with Gasteiger partial charge in [-0.3, -0.25) is 15.4 Å². The zero-order valence-electron chi connectivity index (χ0n) is 16.3. The lowest BCUT2D eigenvalue weighted by Gasteiger charge is -2.07. The number of halogens is 1. The van der Waals surface area contributed by atoms with E-state index in [1.54, 1.807) is 17.5 Å². The smallest absolute Gasteiger partial charge is 0.269 e. The van der Waals surface area contributed by atoms with Crippen molar-refractivity contribution in [3.8, 4) is 11.3 Å². The summed E-state index contributed by atoms with van der Waals surface area (Å²) >= 11 is 7.28. The van der Waals surface area contributed by atoms with Gasteiger partial charge in [0.2, 0.25) is 27.2 Å². The number of rotatable bonds is 7. The first-order valence-corrected chi connectivity index (χ1v) is 11.8. The number of benzene rings is 2. The third-order valence-corrected chi connectivity index (χ3v) is 6.00. The number of sulfonamides is 1. The zero-order chi connectivity index (χ0) is 23.6. The highest BCUT2D eigenvalue weighted by atomic mass is 35.5. The van der Waals surface area contributed by atoms with Crippen molar-refractivity contribution in [1.29, 1.82) is 0 Å². The van der Waals surface area contributed by atoms with Crippen molar-refractivity contribution in [3.63, 3.8) is 0 Å². The molecule has 4 N–H and O–H groups in total. The van der Waals surface area contributed by atoms with Gasteiger partial charge < -0.3 is 5.32 Å². The summed E-state index contributed by atoms with van der Waals surface area (Å²) in [5.74, 6) is 0.247. The normalized spacial score (nSPS) is 11.2. The van der Waals surface area contributed by atoms with Crippen LogP contribution in [0, 0.1) is 10.1 Å². The Morgan fingerprint density at radius 2 is 1.58 bits per heavy atom. The van der Waals surface area contributed by atoms with E-state index in [0.717, 1.165) is 0 Å². The molecule has 0 spiro atoms. The number of nitrogens with one attached hydrogen (secondary N) is 2. The van der Waals surface area contributed by atoms with Crippen LogP contribution in [0.5, 0.6) is 0 Å². The maximum absolute atomic E-state index is 11.4. The second-order valence-electron chi connectivity index (χ2n) is 6.41. The van der Waals surface area contributed by atoms with E-state index < -0.39 is 14.9 Å². The number of hydrogen-bond acceptors (Lipinski definition) is 11. The first-order chi connectivity index (χ1) is 15.7. The first-order valence-electron chi connectivity index (χ1n) is 8.96. The largest absolute Gasteiger partial charge is 0.324 e. The van der Waals surface area contributed by atoms with E-state index >= 15 is 0 Å². The molecule has 0 aliphatic heterocycles. The van der Waals surface area contributed by atoms with Gasteiger partial charge in [-0.1, -0.05) is 0 Å². The second kappa shape index (κ2) is 9.03. The average molecular weight is 505 g/mol. The van der Waals surface area contributed by atoms with E-state index in [2.05, 4.69) is 30.6 Å². The average Bonchev–Trinajstić information content (AvgIpc) is 3.21. The van der Waals surface area contributed by atoms with Gasteiger partial charge in [0.25, 0.3) is 5.69 Å². The number of nitro groups is 1. The highest BCUT2D eigenvalue weighted by molar-refractivity contribution is 7.89. The number of hydrogen-bond donors (Lipinski definition) is 3. The molecule has 0 saturated carbocycles. The molecule has 0 saturated heterocycles. The van der Waals surface area contributed by atoms with E-state index in [4.69, 9.17) is 16.7 Å². The number of nitro benzene ring substituents is 1. The number of anilines is 4. The van der Waals surface area contributed by atoms with Gasteiger partial charge in [-0.25, -0.2) is 18.5 Å². The van der Waals surface area contributed by atoms with Crippen molar-refractivity contribution in [2.75, 3.05) is 10.6 Å². The molecule has 0 bridgehead atoms. The van der Waals surface area contributed by atoms with Crippen molar-refractivity contribution in [2.24, 2.45) is 5.14 Å². The Morgan fingerprint density at radius 1 is 0.939 bits per heavy atom. The third-order valence-electron chi connectivity index (χ3n) is 4.14. The Morgan fingerprint density at radius 3 is 2.18 bits per heavy atom. The van der Waals surface area contributed by atoms with Crippen LogP contribution in [0.2, 0.25) is 5.28 Å².